The number of hydrogen-bond donors (Lipinski definition) is 2. The number of nitrogens with zero attached hydrogens (tertiary/aromatic N) is 6. The van der Waals surface area contributed by atoms with Gasteiger partial charge < -0.3 is 10.1 Å². The lowest BCUT2D eigenvalue weighted by Gasteiger charge is -2.23. The van der Waals surface area contributed by atoms with E-state index in [4.69, 9.17) is 4.74 Å². The summed E-state index contributed by atoms with van der Waals surface area (Å²) in [7, 11) is 1.82. The molecule has 1 saturated heterocycles. The molecule has 5 aromatic rings. The average molecular weight is 511 g/mol. The number of aromatic nitrogens is 6. The van der Waals surface area contributed by atoms with E-state index in [1.807, 2.05) is 43.9 Å². The number of amides is 1. The Balaban J connectivity index is 1.30. The summed E-state index contributed by atoms with van der Waals surface area (Å²) in [4.78, 5) is 21.8. The molecular weight excluding hydrogens is 480 g/mol. The van der Waals surface area contributed by atoms with Crippen LogP contribution in [0.3, 0.4) is 0 Å². The zero-order chi connectivity index (χ0) is 26.4. The van der Waals surface area contributed by atoms with Crippen LogP contribution in [0, 0.1) is 20.8 Å². The average Bonchev–Trinajstić information content (AvgIpc) is 3.49. The summed E-state index contributed by atoms with van der Waals surface area (Å²) < 4.78 is 9.63. The van der Waals surface area contributed by atoms with E-state index in [1.54, 1.807) is 16.9 Å². The van der Waals surface area contributed by atoms with Crippen LogP contribution in [0.25, 0.3) is 21.9 Å². The van der Waals surface area contributed by atoms with Crippen LogP contribution in [0.4, 0.5) is 17.5 Å². The zero-order valence-corrected chi connectivity index (χ0v) is 21.9. The Kier molecular flexibility index (Phi) is 6.03. The Labute approximate surface area is 220 Å². The van der Waals surface area contributed by atoms with E-state index >= 15 is 0 Å². The van der Waals surface area contributed by atoms with Gasteiger partial charge in [0, 0.05) is 30.8 Å². The molecule has 1 amide bonds. The number of carbonyl (C=O) groups excluding carboxylic acids is 1. The maximum absolute atomic E-state index is 12.8. The standard InChI is InChI=1S/C28H30N8O2/c1-16-8-10-19(13-18(16)3)27(37)33-28-29-14-21-25(34-35(4)26(21)32-28)31-24-17(2)9-11-22-20(24)15-30-36(22)23-7-5-6-12-38-23/h8-11,13-15,23H,5-7,12H2,1-4H3,(H,31,34)(H,29,32,33,37). The second kappa shape index (κ2) is 9.53. The molecule has 6 rings (SSSR count). The Morgan fingerprint density at radius 1 is 1.03 bits per heavy atom. The summed E-state index contributed by atoms with van der Waals surface area (Å²) >= 11 is 0. The topological polar surface area (TPSA) is 112 Å². The predicted octanol–water partition coefficient (Wildman–Crippen LogP) is 5.33. The molecule has 2 aromatic carbocycles. The van der Waals surface area contributed by atoms with Crippen molar-refractivity contribution in [2.24, 2.45) is 7.05 Å². The van der Waals surface area contributed by atoms with Gasteiger partial charge in [-0.2, -0.15) is 15.2 Å². The van der Waals surface area contributed by atoms with Crippen molar-refractivity contribution < 1.29 is 9.53 Å². The van der Waals surface area contributed by atoms with Crippen LogP contribution in [-0.4, -0.2) is 42.0 Å². The van der Waals surface area contributed by atoms with Gasteiger partial charge in [0.2, 0.25) is 5.95 Å². The third-order valence-electron chi connectivity index (χ3n) is 7.24. The highest BCUT2D eigenvalue weighted by atomic mass is 16.5. The number of aryl methyl sites for hydroxylation is 4. The highest BCUT2D eigenvalue weighted by Crippen LogP contribution is 2.34. The van der Waals surface area contributed by atoms with Crippen molar-refractivity contribution in [2.45, 2.75) is 46.3 Å². The molecule has 3 aromatic heterocycles. The zero-order valence-electron chi connectivity index (χ0n) is 21.9. The van der Waals surface area contributed by atoms with E-state index in [0.717, 1.165) is 64.5 Å². The van der Waals surface area contributed by atoms with Crippen molar-refractivity contribution in [3.8, 4) is 0 Å². The number of anilines is 3. The fourth-order valence-electron chi connectivity index (χ4n) is 4.91. The van der Waals surface area contributed by atoms with Crippen molar-refractivity contribution >= 4 is 45.3 Å². The number of fused-ring (bicyclic) bond motifs is 2. The van der Waals surface area contributed by atoms with Gasteiger partial charge in [-0.3, -0.25) is 10.1 Å². The summed E-state index contributed by atoms with van der Waals surface area (Å²) in [6, 6.07) is 9.76. The van der Waals surface area contributed by atoms with Crippen LogP contribution in [0.2, 0.25) is 0 Å². The third kappa shape index (κ3) is 4.26. The van der Waals surface area contributed by atoms with Crippen LogP contribution in [-0.2, 0) is 11.8 Å². The molecule has 1 aliphatic heterocycles. The van der Waals surface area contributed by atoms with Crippen LogP contribution < -0.4 is 10.6 Å². The molecule has 10 heteroatoms. The van der Waals surface area contributed by atoms with E-state index in [2.05, 4.69) is 49.9 Å². The van der Waals surface area contributed by atoms with E-state index in [1.165, 1.54) is 0 Å². The van der Waals surface area contributed by atoms with Gasteiger partial charge in [-0.05, 0) is 74.9 Å². The Hall–Kier alpha value is -4.31. The smallest absolute Gasteiger partial charge is 0.258 e. The van der Waals surface area contributed by atoms with Gasteiger partial charge in [0.1, 0.15) is 0 Å². The summed E-state index contributed by atoms with van der Waals surface area (Å²) in [5.74, 6) is 0.600. The molecule has 4 heterocycles. The van der Waals surface area contributed by atoms with E-state index in [0.29, 0.717) is 17.0 Å². The summed E-state index contributed by atoms with van der Waals surface area (Å²) in [5.41, 5.74) is 6.36. The number of ether oxygens (including phenoxy) is 1. The fraction of sp³-hybridized carbons (Fsp3) is 0.321. The van der Waals surface area contributed by atoms with Crippen molar-refractivity contribution in [1.82, 2.24) is 29.5 Å². The van der Waals surface area contributed by atoms with Gasteiger partial charge in [-0.25, -0.2) is 14.3 Å². The highest BCUT2D eigenvalue weighted by Gasteiger charge is 2.21. The number of rotatable bonds is 5. The van der Waals surface area contributed by atoms with Crippen molar-refractivity contribution in [1.29, 1.82) is 0 Å². The van der Waals surface area contributed by atoms with Gasteiger partial charge in [-0.1, -0.05) is 12.1 Å². The fourth-order valence-corrected chi connectivity index (χ4v) is 4.91. The first-order valence-electron chi connectivity index (χ1n) is 12.8. The Morgan fingerprint density at radius 2 is 1.87 bits per heavy atom. The van der Waals surface area contributed by atoms with Gasteiger partial charge in [0.25, 0.3) is 5.91 Å². The van der Waals surface area contributed by atoms with Crippen molar-refractivity contribution in [3.63, 3.8) is 0 Å². The molecule has 1 aliphatic rings. The molecule has 1 atom stereocenters. The van der Waals surface area contributed by atoms with Crippen LogP contribution in [0.15, 0.2) is 42.7 Å². The molecule has 0 spiro atoms. The van der Waals surface area contributed by atoms with Gasteiger partial charge in [0.05, 0.1) is 22.8 Å². The first kappa shape index (κ1) is 24.1. The minimum absolute atomic E-state index is 0.0432. The lowest BCUT2D eigenvalue weighted by atomic mass is 10.1. The number of carbonyl (C=O) groups is 1. The Morgan fingerprint density at radius 3 is 2.66 bits per heavy atom. The molecule has 10 nitrogen and oxygen atoms in total. The molecule has 0 radical (unpaired) electrons. The quantitative estimate of drug-likeness (QED) is 0.328. The molecule has 38 heavy (non-hydrogen) atoms. The first-order chi connectivity index (χ1) is 18.4. The second-order valence-electron chi connectivity index (χ2n) is 9.88. The normalized spacial score (nSPS) is 15.7. The minimum Gasteiger partial charge on any atom is -0.356 e. The maximum atomic E-state index is 12.8. The number of benzene rings is 2. The second-order valence-corrected chi connectivity index (χ2v) is 9.88. The number of nitrogens with one attached hydrogen (secondary N) is 2. The molecule has 0 aliphatic carbocycles. The predicted molar refractivity (Wildman–Crippen MR) is 147 cm³/mol. The Bertz CT molecular complexity index is 1680. The molecule has 194 valence electrons. The van der Waals surface area contributed by atoms with Crippen molar-refractivity contribution in [3.05, 3.63) is 65.0 Å². The lowest BCUT2D eigenvalue weighted by Crippen LogP contribution is -2.18. The van der Waals surface area contributed by atoms with E-state index in [9.17, 15) is 4.79 Å². The largest absolute Gasteiger partial charge is 0.356 e. The van der Waals surface area contributed by atoms with E-state index in [-0.39, 0.29) is 18.1 Å². The maximum Gasteiger partial charge on any atom is 0.258 e. The molecule has 1 unspecified atom stereocenters. The first-order valence-corrected chi connectivity index (χ1v) is 12.8. The monoisotopic (exact) mass is 510 g/mol. The summed E-state index contributed by atoms with van der Waals surface area (Å²) in [5, 5.41) is 17.4. The summed E-state index contributed by atoms with van der Waals surface area (Å²) in [6.07, 6.45) is 6.70. The van der Waals surface area contributed by atoms with Gasteiger partial charge in [0.15, 0.2) is 17.7 Å². The molecular formula is C28H30N8O2. The molecule has 1 fully saturated rings. The van der Waals surface area contributed by atoms with Crippen LogP contribution in [0.5, 0.6) is 0 Å². The molecule has 0 bridgehead atoms. The van der Waals surface area contributed by atoms with Crippen LogP contribution in [0.1, 0.15) is 52.5 Å². The molecule has 2 N–H and O–H groups in total. The van der Waals surface area contributed by atoms with Gasteiger partial charge in [-0.15, -0.1) is 0 Å². The van der Waals surface area contributed by atoms with Crippen LogP contribution >= 0.6 is 0 Å². The van der Waals surface area contributed by atoms with Crippen molar-refractivity contribution in [2.75, 3.05) is 17.2 Å². The minimum atomic E-state index is -0.255. The number of hydrogen-bond acceptors (Lipinski definition) is 7. The lowest BCUT2D eigenvalue weighted by molar-refractivity contribution is -0.0366. The summed E-state index contributed by atoms with van der Waals surface area (Å²) in [6.45, 7) is 6.81. The highest BCUT2D eigenvalue weighted by molar-refractivity contribution is 6.04. The van der Waals surface area contributed by atoms with E-state index < -0.39 is 0 Å². The molecule has 0 saturated carbocycles. The third-order valence-corrected chi connectivity index (χ3v) is 7.24. The van der Waals surface area contributed by atoms with Gasteiger partial charge >= 0.3 is 0 Å². The SMILES string of the molecule is Cc1ccc(C(=O)Nc2ncc3c(Nc4c(C)ccc5c4cnn5C4CCCCO4)nn(C)c3n2)cc1C.